The van der Waals surface area contributed by atoms with Crippen molar-refractivity contribution in [2.75, 3.05) is 12.4 Å². The lowest BCUT2D eigenvalue weighted by Gasteiger charge is -2.23. The Labute approximate surface area is 151 Å². The Balaban J connectivity index is 4.84. The molecule has 0 spiro atoms. The van der Waals surface area contributed by atoms with E-state index >= 15 is 0 Å². The number of aliphatic carboxylic acids is 1. The summed E-state index contributed by atoms with van der Waals surface area (Å²) in [5.74, 6) is -3.64. The molecule has 4 atom stereocenters. The van der Waals surface area contributed by atoms with Crippen LogP contribution < -0.4 is 21.7 Å². The highest BCUT2D eigenvalue weighted by Gasteiger charge is 2.28. The number of hydrogen-bond acceptors (Lipinski definition) is 7. The van der Waals surface area contributed by atoms with E-state index in [-0.39, 0.29) is 11.7 Å². The van der Waals surface area contributed by atoms with Gasteiger partial charge in [-0.05, 0) is 12.8 Å². The molecule has 25 heavy (non-hydrogen) atoms. The zero-order valence-corrected chi connectivity index (χ0v) is 15.2. The highest BCUT2D eigenvalue weighted by molar-refractivity contribution is 7.80. The van der Waals surface area contributed by atoms with Crippen molar-refractivity contribution in [2.45, 2.75) is 44.9 Å². The zero-order chi connectivity index (χ0) is 19.7. The number of thiol groups is 1. The molecule has 0 radical (unpaired) electrons. The molecule has 11 heteroatoms. The van der Waals surface area contributed by atoms with E-state index in [0.29, 0.717) is 0 Å². The van der Waals surface area contributed by atoms with Gasteiger partial charge in [0, 0.05) is 5.75 Å². The van der Waals surface area contributed by atoms with Crippen LogP contribution in [0.15, 0.2) is 0 Å². The van der Waals surface area contributed by atoms with Crippen LogP contribution in [0.3, 0.4) is 0 Å². The van der Waals surface area contributed by atoms with Crippen molar-refractivity contribution in [3.63, 3.8) is 0 Å². The number of nitrogens with two attached hydrogens (primary N) is 1. The van der Waals surface area contributed by atoms with Gasteiger partial charge < -0.3 is 31.9 Å². The minimum absolute atomic E-state index is 0.0618. The van der Waals surface area contributed by atoms with E-state index in [1.807, 2.05) is 0 Å². The SMILES string of the molecule is CC(NC(=O)C(CO)NC(=O)C(CS)NC(=O)C(N)C(C)C)C(=O)O. The van der Waals surface area contributed by atoms with Gasteiger partial charge in [0.2, 0.25) is 17.7 Å². The van der Waals surface area contributed by atoms with Crippen molar-refractivity contribution in [1.29, 1.82) is 0 Å². The first-order chi connectivity index (χ1) is 11.5. The predicted molar refractivity (Wildman–Crippen MR) is 92.9 cm³/mol. The van der Waals surface area contributed by atoms with Crippen molar-refractivity contribution in [2.24, 2.45) is 11.7 Å². The summed E-state index contributed by atoms with van der Waals surface area (Å²) in [5.41, 5.74) is 5.69. The van der Waals surface area contributed by atoms with Crippen LogP contribution >= 0.6 is 12.6 Å². The fourth-order valence-electron chi connectivity index (χ4n) is 1.61. The molecule has 0 aromatic rings. The lowest BCUT2D eigenvalue weighted by molar-refractivity contribution is -0.142. The average Bonchev–Trinajstić information content (AvgIpc) is 2.55. The normalized spacial score (nSPS) is 15.6. The molecule has 3 amide bonds. The Morgan fingerprint density at radius 2 is 1.44 bits per heavy atom. The molecule has 0 aliphatic rings. The van der Waals surface area contributed by atoms with E-state index in [9.17, 15) is 24.3 Å². The van der Waals surface area contributed by atoms with Gasteiger partial charge in [0.1, 0.15) is 18.1 Å². The van der Waals surface area contributed by atoms with E-state index in [1.165, 1.54) is 6.92 Å². The molecule has 0 bridgehead atoms. The lowest BCUT2D eigenvalue weighted by Crippen LogP contribution is -2.58. The maximum Gasteiger partial charge on any atom is 0.325 e. The molecular formula is C14H26N4O6S. The third kappa shape index (κ3) is 7.71. The molecule has 4 unspecified atom stereocenters. The Morgan fingerprint density at radius 1 is 0.960 bits per heavy atom. The summed E-state index contributed by atoms with van der Waals surface area (Å²) < 4.78 is 0. The highest BCUT2D eigenvalue weighted by atomic mass is 32.1. The number of nitrogens with one attached hydrogen (secondary N) is 3. The van der Waals surface area contributed by atoms with Crippen molar-refractivity contribution < 1.29 is 29.4 Å². The maximum atomic E-state index is 12.2. The third-order valence-corrected chi connectivity index (χ3v) is 3.75. The zero-order valence-electron chi connectivity index (χ0n) is 14.4. The van der Waals surface area contributed by atoms with Crippen molar-refractivity contribution in [3.8, 4) is 0 Å². The molecule has 0 rings (SSSR count). The molecule has 0 fully saturated rings. The Bertz CT molecular complexity index is 502. The first-order valence-corrected chi connectivity index (χ1v) is 8.29. The molecule has 0 heterocycles. The van der Waals surface area contributed by atoms with Gasteiger partial charge in [-0.2, -0.15) is 12.6 Å². The van der Waals surface area contributed by atoms with Crippen LogP contribution in [0.4, 0.5) is 0 Å². The number of carboxylic acids is 1. The number of aliphatic hydroxyl groups is 1. The number of carboxylic acid groups (broad SMARTS) is 1. The third-order valence-electron chi connectivity index (χ3n) is 3.38. The molecule has 0 aromatic carbocycles. The van der Waals surface area contributed by atoms with Crippen LogP contribution in [0.2, 0.25) is 0 Å². The van der Waals surface area contributed by atoms with Gasteiger partial charge in [-0.15, -0.1) is 0 Å². The summed E-state index contributed by atoms with van der Waals surface area (Å²) >= 11 is 3.98. The Kier molecular flexibility index (Phi) is 10.1. The van der Waals surface area contributed by atoms with E-state index in [0.717, 1.165) is 0 Å². The second-order valence-electron chi connectivity index (χ2n) is 5.83. The minimum Gasteiger partial charge on any atom is -0.480 e. The molecule has 0 saturated heterocycles. The first-order valence-electron chi connectivity index (χ1n) is 7.66. The second-order valence-corrected chi connectivity index (χ2v) is 6.19. The number of rotatable bonds is 10. The summed E-state index contributed by atoms with van der Waals surface area (Å²) in [6, 6.07) is -4.45. The molecule has 0 aliphatic heterocycles. The van der Waals surface area contributed by atoms with E-state index in [1.54, 1.807) is 13.8 Å². The van der Waals surface area contributed by atoms with Crippen LogP contribution in [-0.2, 0) is 19.2 Å². The van der Waals surface area contributed by atoms with Crippen LogP contribution in [0.25, 0.3) is 0 Å². The van der Waals surface area contributed by atoms with Crippen LogP contribution in [-0.4, -0.2) is 70.4 Å². The van der Waals surface area contributed by atoms with E-state index in [2.05, 4.69) is 28.6 Å². The monoisotopic (exact) mass is 378 g/mol. The number of carbonyl (C=O) groups excluding carboxylic acids is 3. The van der Waals surface area contributed by atoms with Crippen molar-refractivity contribution >= 4 is 36.3 Å². The van der Waals surface area contributed by atoms with Gasteiger partial charge in [0.05, 0.1) is 12.6 Å². The average molecular weight is 378 g/mol. The standard InChI is InChI=1S/C14H26N4O6S/c1-6(2)10(15)13(22)18-9(5-25)12(21)17-8(4-19)11(20)16-7(3)14(23)24/h6-10,19,25H,4-5,15H2,1-3H3,(H,16,20)(H,17,21)(H,18,22)(H,23,24). The number of hydrogen-bond donors (Lipinski definition) is 7. The molecule has 7 N–H and O–H groups in total. The summed E-state index contributed by atoms with van der Waals surface area (Å²) in [4.78, 5) is 46.7. The second kappa shape index (κ2) is 10.9. The molecule has 10 nitrogen and oxygen atoms in total. The van der Waals surface area contributed by atoms with Gasteiger partial charge in [-0.3, -0.25) is 19.2 Å². The fourth-order valence-corrected chi connectivity index (χ4v) is 1.86. The first kappa shape index (κ1) is 23.1. The number of aliphatic hydroxyl groups excluding tert-OH is 1. The van der Waals surface area contributed by atoms with Gasteiger partial charge in [0.25, 0.3) is 0 Å². The Hall–Kier alpha value is -1.85. The van der Waals surface area contributed by atoms with Crippen LogP contribution in [0.1, 0.15) is 20.8 Å². The quantitative estimate of drug-likeness (QED) is 0.205. The summed E-state index contributed by atoms with van der Waals surface area (Å²) in [7, 11) is 0. The molecular weight excluding hydrogens is 352 g/mol. The van der Waals surface area contributed by atoms with Gasteiger partial charge >= 0.3 is 5.97 Å². The maximum absolute atomic E-state index is 12.2. The summed E-state index contributed by atoms with van der Waals surface area (Å²) in [6.07, 6.45) is 0. The summed E-state index contributed by atoms with van der Waals surface area (Å²) in [6.45, 7) is 3.98. The summed E-state index contributed by atoms with van der Waals surface area (Å²) in [5, 5.41) is 24.8. The molecule has 0 aliphatic carbocycles. The molecule has 0 aromatic heterocycles. The minimum atomic E-state index is -1.37. The van der Waals surface area contributed by atoms with E-state index in [4.69, 9.17) is 10.8 Å². The van der Waals surface area contributed by atoms with Crippen molar-refractivity contribution in [3.05, 3.63) is 0 Å². The smallest absolute Gasteiger partial charge is 0.325 e. The highest BCUT2D eigenvalue weighted by Crippen LogP contribution is 2.00. The number of amides is 3. The number of carbonyl (C=O) groups is 4. The topological polar surface area (TPSA) is 171 Å². The molecule has 144 valence electrons. The van der Waals surface area contributed by atoms with Crippen molar-refractivity contribution in [1.82, 2.24) is 16.0 Å². The van der Waals surface area contributed by atoms with Gasteiger partial charge in [0.15, 0.2) is 0 Å². The van der Waals surface area contributed by atoms with Gasteiger partial charge in [-0.1, -0.05) is 13.8 Å². The van der Waals surface area contributed by atoms with E-state index < -0.39 is 54.5 Å². The van der Waals surface area contributed by atoms with Gasteiger partial charge in [-0.25, -0.2) is 0 Å². The fraction of sp³-hybridized carbons (Fsp3) is 0.714. The Morgan fingerprint density at radius 3 is 1.84 bits per heavy atom. The predicted octanol–water partition coefficient (Wildman–Crippen LogP) is -2.55. The van der Waals surface area contributed by atoms with Crippen LogP contribution in [0, 0.1) is 5.92 Å². The molecule has 0 saturated carbocycles. The largest absolute Gasteiger partial charge is 0.480 e. The lowest BCUT2D eigenvalue weighted by atomic mass is 10.0. The van der Waals surface area contributed by atoms with Crippen LogP contribution in [0.5, 0.6) is 0 Å².